The molecule has 1 aliphatic heterocycles. The normalized spacial score (nSPS) is 30.9. The third-order valence-corrected chi connectivity index (χ3v) is 3.29. The van der Waals surface area contributed by atoms with E-state index in [1.54, 1.807) is 0 Å². The molecule has 4 atom stereocenters. The van der Waals surface area contributed by atoms with Crippen molar-refractivity contribution < 1.29 is 23.7 Å². The van der Waals surface area contributed by atoms with Crippen molar-refractivity contribution in [2.24, 2.45) is 5.73 Å². The summed E-state index contributed by atoms with van der Waals surface area (Å²) in [6.07, 6.45) is -3.50. The van der Waals surface area contributed by atoms with Crippen molar-refractivity contribution in [1.29, 1.82) is 0 Å². The molecule has 1 unspecified atom stereocenters. The molecule has 0 spiro atoms. The van der Waals surface area contributed by atoms with Crippen LogP contribution in [0, 0.1) is 17.7 Å². The van der Waals surface area contributed by atoms with Gasteiger partial charge >= 0.3 is 5.69 Å². The number of aromatic nitrogens is 2. The summed E-state index contributed by atoms with van der Waals surface area (Å²) in [6.45, 7) is -1.68. The highest BCUT2D eigenvalue weighted by atomic mass is 19.1. The number of halogens is 2. The summed E-state index contributed by atoms with van der Waals surface area (Å²) in [5, 5.41) is 19.3. The van der Waals surface area contributed by atoms with Gasteiger partial charge in [0.25, 0.3) is 0 Å². The summed E-state index contributed by atoms with van der Waals surface area (Å²) in [7, 11) is 0. The quantitative estimate of drug-likeness (QED) is 0.458. The standard InChI is InChI=1S/C12H14F2N4O4/c13-3-1-2-12(16)8(20)7(5-19)22-10(12)18-4-6(14)9(15)17-11(18)21/h4,7-8,10,19-20H,3,5,16H2,(H2,15,17,21)/t7-,8+,10-,12?/m1/s1. The van der Waals surface area contributed by atoms with Crippen molar-refractivity contribution in [2.75, 3.05) is 19.0 Å². The van der Waals surface area contributed by atoms with Gasteiger partial charge in [0.05, 0.1) is 12.8 Å². The van der Waals surface area contributed by atoms with Gasteiger partial charge in [0.15, 0.2) is 23.4 Å². The maximum atomic E-state index is 13.5. The number of rotatable bonds is 2. The predicted molar refractivity (Wildman–Crippen MR) is 70.5 cm³/mol. The Morgan fingerprint density at radius 3 is 2.86 bits per heavy atom. The molecule has 0 aliphatic carbocycles. The average molecular weight is 316 g/mol. The van der Waals surface area contributed by atoms with E-state index in [0.29, 0.717) is 10.8 Å². The van der Waals surface area contributed by atoms with Crippen LogP contribution in [0.2, 0.25) is 0 Å². The number of anilines is 1. The van der Waals surface area contributed by atoms with Crippen LogP contribution in [0.5, 0.6) is 0 Å². The molecule has 2 heterocycles. The molecule has 22 heavy (non-hydrogen) atoms. The van der Waals surface area contributed by atoms with Crippen molar-refractivity contribution in [3.63, 3.8) is 0 Å². The van der Waals surface area contributed by atoms with E-state index >= 15 is 0 Å². The first-order valence-electron chi connectivity index (χ1n) is 6.18. The van der Waals surface area contributed by atoms with Crippen molar-refractivity contribution in [2.45, 2.75) is 24.0 Å². The summed E-state index contributed by atoms with van der Waals surface area (Å²) in [5.74, 6) is 2.67. The minimum Gasteiger partial charge on any atom is -0.394 e. The summed E-state index contributed by atoms with van der Waals surface area (Å²) in [5.41, 5.74) is 8.17. The molecule has 1 aliphatic rings. The summed E-state index contributed by atoms with van der Waals surface area (Å²) < 4.78 is 31.7. The second-order valence-corrected chi connectivity index (χ2v) is 4.69. The number of hydrogen-bond donors (Lipinski definition) is 4. The highest BCUT2D eigenvalue weighted by Gasteiger charge is 2.54. The first-order valence-corrected chi connectivity index (χ1v) is 6.18. The molecular formula is C12H14F2N4O4. The molecular weight excluding hydrogens is 302 g/mol. The number of ether oxygens (including phenoxy) is 1. The lowest BCUT2D eigenvalue weighted by Crippen LogP contribution is -2.55. The fourth-order valence-corrected chi connectivity index (χ4v) is 2.19. The predicted octanol–water partition coefficient (Wildman–Crippen LogP) is -2.11. The highest BCUT2D eigenvalue weighted by Crippen LogP contribution is 2.35. The van der Waals surface area contributed by atoms with Gasteiger partial charge in [0.1, 0.15) is 18.9 Å². The Balaban J connectivity index is 2.56. The Hall–Kier alpha value is -2.06. The number of nitrogens with two attached hydrogens (primary N) is 2. The monoisotopic (exact) mass is 316 g/mol. The summed E-state index contributed by atoms with van der Waals surface area (Å²) >= 11 is 0. The Morgan fingerprint density at radius 2 is 2.27 bits per heavy atom. The SMILES string of the molecule is Nc1nc(=O)n([C@@H]2O[C@H](CO)[C@H](O)C2(N)C#CCF)cc1F. The molecule has 8 nitrogen and oxygen atoms in total. The topological polar surface area (TPSA) is 137 Å². The van der Waals surface area contributed by atoms with Crippen molar-refractivity contribution in [3.8, 4) is 11.8 Å². The van der Waals surface area contributed by atoms with Gasteiger partial charge < -0.3 is 26.4 Å². The van der Waals surface area contributed by atoms with Gasteiger partial charge in [-0.1, -0.05) is 11.8 Å². The van der Waals surface area contributed by atoms with Crippen molar-refractivity contribution >= 4 is 5.82 Å². The molecule has 1 fully saturated rings. The lowest BCUT2D eigenvalue weighted by atomic mass is 9.91. The number of hydrogen-bond acceptors (Lipinski definition) is 7. The molecule has 0 aromatic carbocycles. The number of aliphatic hydroxyl groups is 2. The number of alkyl halides is 1. The van der Waals surface area contributed by atoms with E-state index in [2.05, 4.69) is 10.9 Å². The van der Waals surface area contributed by atoms with Crippen LogP contribution in [0.1, 0.15) is 6.23 Å². The lowest BCUT2D eigenvalue weighted by Gasteiger charge is -2.27. The van der Waals surface area contributed by atoms with E-state index in [4.69, 9.17) is 21.3 Å². The number of nitrogen functional groups attached to an aromatic ring is 1. The van der Waals surface area contributed by atoms with E-state index in [0.717, 1.165) is 0 Å². The molecule has 1 aromatic rings. The summed E-state index contributed by atoms with van der Waals surface area (Å²) in [4.78, 5) is 15.1. The van der Waals surface area contributed by atoms with Crippen LogP contribution in [0.25, 0.3) is 0 Å². The molecule has 10 heteroatoms. The van der Waals surface area contributed by atoms with E-state index in [1.807, 2.05) is 5.92 Å². The van der Waals surface area contributed by atoms with E-state index < -0.39 is 54.6 Å². The second-order valence-electron chi connectivity index (χ2n) is 4.69. The fraction of sp³-hybridized carbons (Fsp3) is 0.500. The second kappa shape index (κ2) is 5.98. The van der Waals surface area contributed by atoms with Gasteiger partial charge in [-0.25, -0.2) is 13.6 Å². The van der Waals surface area contributed by atoms with Crippen LogP contribution in [0.15, 0.2) is 11.0 Å². The third-order valence-electron chi connectivity index (χ3n) is 3.29. The van der Waals surface area contributed by atoms with Crippen LogP contribution < -0.4 is 17.2 Å². The molecule has 0 saturated carbocycles. The molecule has 2 rings (SSSR count). The summed E-state index contributed by atoms with van der Waals surface area (Å²) in [6, 6.07) is 0. The van der Waals surface area contributed by atoms with Gasteiger partial charge in [0.2, 0.25) is 0 Å². The maximum absolute atomic E-state index is 13.5. The highest BCUT2D eigenvalue weighted by molar-refractivity contribution is 5.29. The first kappa shape index (κ1) is 16.3. The van der Waals surface area contributed by atoms with Crippen LogP contribution in [-0.4, -0.2) is 50.8 Å². The van der Waals surface area contributed by atoms with Crippen molar-refractivity contribution in [1.82, 2.24) is 9.55 Å². The fourth-order valence-electron chi connectivity index (χ4n) is 2.19. The first-order chi connectivity index (χ1) is 10.3. The van der Waals surface area contributed by atoms with Gasteiger partial charge in [-0.05, 0) is 0 Å². The largest absolute Gasteiger partial charge is 0.394 e. The van der Waals surface area contributed by atoms with Crippen LogP contribution >= 0.6 is 0 Å². The molecule has 0 radical (unpaired) electrons. The van der Waals surface area contributed by atoms with Gasteiger partial charge in [-0.3, -0.25) is 4.57 Å². The lowest BCUT2D eigenvalue weighted by molar-refractivity contribution is -0.0479. The average Bonchev–Trinajstić information content (AvgIpc) is 2.73. The zero-order chi connectivity index (χ0) is 16.5. The third kappa shape index (κ3) is 2.55. The molecule has 6 N–H and O–H groups in total. The Kier molecular flexibility index (Phi) is 4.43. The van der Waals surface area contributed by atoms with E-state index in [1.165, 1.54) is 0 Å². The molecule has 1 saturated heterocycles. The van der Waals surface area contributed by atoms with Gasteiger partial charge in [-0.15, -0.1) is 0 Å². The zero-order valence-electron chi connectivity index (χ0n) is 11.2. The Labute approximate surface area is 123 Å². The zero-order valence-corrected chi connectivity index (χ0v) is 11.2. The minimum atomic E-state index is -1.94. The maximum Gasteiger partial charge on any atom is 0.351 e. The number of nitrogens with zero attached hydrogens (tertiary/aromatic N) is 2. The van der Waals surface area contributed by atoms with Crippen LogP contribution in [0.3, 0.4) is 0 Å². The van der Waals surface area contributed by atoms with E-state index in [-0.39, 0.29) is 0 Å². The molecule has 0 amide bonds. The van der Waals surface area contributed by atoms with Crippen LogP contribution in [-0.2, 0) is 4.74 Å². The Bertz CT molecular complexity index is 686. The molecule has 0 bridgehead atoms. The van der Waals surface area contributed by atoms with Crippen LogP contribution in [0.4, 0.5) is 14.6 Å². The van der Waals surface area contributed by atoms with Gasteiger partial charge in [0, 0.05) is 0 Å². The molecule has 120 valence electrons. The Morgan fingerprint density at radius 1 is 1.59 bits per heavy atom. The van der Waals surface area contributed by atoms with Gasteiger partial charge in [-0.2, -0.15) is 4.98 Å². The number of aliphatic hydroxyl groups excluding tert-OH is 2. The molecule has 1 aromatic heterocycles. The minimum absolute atomic E-state index is 0.615. The van der Waals surface area contributed by atoms with Crippen molar-refractivity contribution in [3.05, 3.63) is 22.5 Å². The van der Waals surface area contributed by atoms with E-state index in [9.17, 15) is 18.7 Å². The smallest absolute Gasteiger partial charge is 0.351 e.